The lowest BCUT2D eigenvalue weighted by Crippen LogP contribution is -2.28. The van der Waals surface area contributed by atoms with Gasteiger partial charge in [0.25, 0.3) is 0 Å². The number of allylic oxidation sites excluding steroid dienone is 2. The summed E-state index contributed by atoms with van der Waals surface area (Å²) < 4.78 is 5.11. The summed E-state index contributed by atoms with van der Waals surface area (Å²) in [6, 6.07) is 3.81. The lowest BCUT2D eigenvalue weighted by Gasteiger charge is -2.22. The van der Waals surface area contributed by atoms with Crippen LogP contribution in [0.2, 0.25) is 0 Å². The Morgan fingerprint density at radius 1 is 1.29 bits per heavy atom. The van der Waals surface area contributed by atoms with Crippen molar-refractivity contribution >= 4 is 5.97 Å². The number of esters is 1. The fourth-order valence-corrected chi connectivity index (χ4v) is 1.21. The molecule has 0 atom stereocenters. The molecular formula is C13H18N2O2. The zero-order chi connectivity index (χ0) is 13.5. The second-order valence-electron chi connectivity index (χ2n) is 4.84. The van der Waals surface area contributed by atoms with E-state index in [0.29, 0.717) is 0 Å². The third-order valence-corrected chi connectivity index (χ3v) is 2.00. The molecule has 0 N–H and O–H groups in total. The van der Waals surface area contributed by atoms with Crippen LogP contribution >= 0.6 is 0 Å². The van der Waals surface area contributed by atoms with Crippen molar-refractivity contribution < 1.29 is 9.53 Å². The third-order valence-electron chi connectivity index (χ3n) is 2.00. The second kappa shape index (κ2) is 6.06. The summed E-state index contributed by atoms with van der Waals surface area (Å²) in [6.07, 6.45) is 3.48. The topological polar surface area (TPSA) is 73.9 Å². The van der Waals surface area contributed by atoms with Crippen LogP contribution in [0.15, 0.2) is 12.2 Å². The Balaban J connectivity index is 4.74. The van der Waals surface area contributed by atoms with Crippen LogP contribution in [0.3, 0.4) is 0 Å². The predicted octanol–water partition coefficient (Wildman–Crippen LogP) is 2.72. The Labute approximate surface area is 102 Å². The van der Waals surface area contributed by atoms with Crippen LogP contribution in [0.25, 0.3) is 0 Å². The standard InChI is InChI=1S/C13H18N2O2/c1-5-6-7-13(9-14,10-15)8-11(16)17-12(2,3)4/h5-6H,7-8H2,1-4H3. The van der Waals surface area contributed by atoms with Crippen LogP contribution in [0, 0.1) is 28.1 Å². The minimum atomic E-state index is -1.32. The van der Waals surface area contributed by atoms with Gasteiger partial charge in [-0.25, -0.2) is 0 Å². The molecule has 17 heavy (non-hydrogen) atoms. The Hall–Kier alpha value is -1.81. The maximum atomic E-state index is 11.6. The molecule has 0 heterocycles. The molecule has 0 fully saturated rings. The highest BCUT2D eigenvalue weighted by molar-refractivity contribution is 5.72. The van der Waals surface area contributed by atoms with E-state index in [1.165, 1.54) is 0 Å². The van der Waals surface area contributed by atoms with E-state index in [0.717, 1.165) is 0 Å². The molecule has 92 valence electrons. The van der Waals surface area contributed by atoms with E-state index in [-0.39, 0.29) is 12.8 Å². The molecule has 0 radical (unpaired) electrons. The minimum Gasteiger partial charge on any atom is -0.460 e. The summed E-state index contributed by atoms with van der Waals surface area (Å²) in [5.74, 6) is -0.523. The molecule has 0 aliphatic carbocycles. The van der Waals surface area contributed by atoms with Crippen molar-refractivity contribution in [3.63, 3.8) is 0 Å². The van der Waals surface area contributed by atoms with Gasteiger partial charge in [0.05, 0.1) is 18.6 Å². The Morgan fingerprint density at radius 2 is 1.82 bits per heavy atom. The van der Waals surface area contributed by atoms with E-state index < -0.39 is 17.0 Å². The Morgan fingerprint density at radius 3 is 2.18 bits per heavy atom. The van der Waals surface area contributed by atoms with Crippen molar-refractivity contribution in [1.82, 2.24) is 0 Å². The molecule has 0 aromatic carbocycles. The van der Waals surface area contributed by atoms with E-state index in [4.69, 9.17) is 15.3 Å². The monoisotopic (exact) mass is 234 g/mol. The molecular weight excluding hydrogens is 216 g/mol. The highest BCUT2D eigenvalue weighted by Gasteiger charge is 2.34. The lowest BCUT2D eigenvalue weighted by molar-refractivity contribution is -0.156. The summed E-state index contributed by atoms with van der Waals surface area (Å²) in [6.45, 7) is 7.04. The van der Waals surface area contributed by atoms with Gasteiger partial charge < -0.3 is 4.74 Å². The SMILES string of the molecule is CC=CCC(C#N)(C#N)CC(=O)OC(C)(C)C. The molecule has 0 aromatic rings. The summed E-state index contributed by atoms with van der Waals surface area (Å²) in [5, 5.41) is 18.1. The average Bonchev–Trinajstić information content (AvgIpc) is 2.21. The number of nitrogens with zero attached hydrogens (tertiary/aromatic N) is 2. The summed E-state index contributed by atoms with van der Waals surface area (Å²) in [5.41, 5.74) is -1.93. The quantitative estimate of drug-likeness (QED) is 0.553. The number of hydrogen-bond donors (Lipinski definition) is 0. The van der Waals surface area contributed by atoms with Crippen molar-refractivity contribution in [3.05, 3.63) is 12.2 Å². The maximum absolute atomic E-state index is 11.6. The van der Waals surface area contributed by atoms with E-state index in [2.05, 4.69) is 0 Å². The smallest absolute Gasteiger partial charge is 0.309 e. The molecule has 0 saturated carbocycles. The number of nitriles is 2. The van der Waals surface area contributed by atoms with Crippen molar-refractivity contribution in [2.45, 2.75) is 46.1 Å². The van der Waals surface area contributed by atoms with Crippen molar-refractivity contribution in [2.24, 2.45) is 5.41 Å². The predicted molar refractivity (Wildman–Crippen MR) is 63.6 cm³/mol. The molecule has 0 aliphatic heterocycles. The van der Waals surface area contributed by atoms with Gasteiger partial charge in [-0.1, -0.05) is 12.2 Å². The average molecular weight is 234 g/mol. The highest BCUT2D eigenvalue weighted by atomic mass is 16.6. The van der Waals surface area contributed by atoms with Gasteiger partial charge in [0.15, 0.2) is 5.41 Å². The van der Waals surface area contributed by atoms with E-state index in [9.17, 15) is 4.79 Å². The van der Waals surface area contributed by atoms with Crippen LogP contribution in [0.1, 0.15) is 40.5 Å². The van der Waals surface area contributed by atoms with Gasteiger partial charge in [-0.3, -0.25) is 4.79 Å². The van der Waals surface area contributed by atoms with Gasteiger partial charge in [-0.2, -0.15) is 10.5 Å². The number of carbonyl (C=O) groups is 1. The van der Waals surface area contributed by atoms with Crippen molar-refractivity contribution in [2.75, 3.05) is 0 Å². The normalized spacial score (nSPS) is 11.9. The summed E-state index contributed by atoms with van der Waals surface area (Å²) in [4.78, 5) is 11.6. The van der Waals surface area contributed by atoms with Crippen LogP contribution in [0.4, 0.5) is 0 Å². The largest absolute Gasteiger partial charge is 0.460 e. The molecule has 4 heteroatoms. The Bertz CT molecular complexity index is 364. The molecule has 0 spiro atoms. The fraction of sp³-hybridized carbons (Fsp3) is 0.615. The fourth-order valence-electron chi connectivity index (χ4n) is 1.21. The zero-order valence-corrected chi connectivity index (χ0v) is 10.8. The van der Waals surface area contributed by atoms with Gasteiger partial charge in [-0.05, 0) is 34.1 Å². The maximum Gasteiger partial charge on any atom is 0.309 e. The molecule has 0 amide bonds. The lowest BCUT2D eigenvalue weighted by atomic mass is 9.84. The molecule has 4 nitrogen and oxygen atoms in total. The number of rotatable bonds is 4. The zero-order valence-electron chi connectivity index (χ0n) is 10.8. The third kappa shape index (κ3) is 5.73. The van der Waals surface area contributed by atoms with Crippen LogP contribution in [-0.4, -0.2) is 11.6 Å². The van der Waals surface area contributed by atoms with E-state index in [1.54, 1.807) is 39.8 Å². The minimum absolute atomic E-state index is 0.207. The highest BCUT2D eigenvalue weighted by Crippen LogP contribution is 2.27. The van der Waals surface area contributed by atoms with Gasteiger partial charge in [0, 0.05) is 0 Å². The van der Waals surface area contributed by atoms with Gasteiger partial charge >= 0.3 is 5.97 Å². The number of hydrogen-bond acceptors (Lipinski definition) is 4. The molecule has 0 saturated heterocycles. The summed E-state index contributed by atoms with van der Waals surface area (Å²) in [7, 11) is 0. The Kier molecular flexibility index (Phi) is 5.41. The van der Waals surface area contributed by atoms with Gasteiger partial charge in [-0.15, -0.1) is 0 Å². The van der Waals surface area contributed by atoms with E-state index >= 15 is 0 Å². The first-order valence-electron chi connectivity index (χ1n) is 5.44. The van der Waals surface area contributed by atoms with Gasteiger partial charge in [0.2, 0.25) is 0 Å². The molecule has 0 rings (SSSR count). The van der Waals surface area contributed by atoms with E-state index in [1.807, 2.05) is 12.1 Å². The number of ether oxygens (including phenoxy) is 1. The van der Waals surface area contributed by atoms with Crippen LogP contribution in [-0.2, 0) is 9.53 Å². The molecule has 0 bridgehead atoms. The van der Waals surface area contributed by atoms with Crippen LogP contribution in [0.5, 0.6) is 0 Å². The second-order valence-corrected chi connectivity index (χ2v) is 4.84. The first-order chi connectivity index (χ1) is 7.78. The van der Waals surface area contributed by atoms with Crippen LogP contribution < -0.4 is 0 Å². The first-order valence-corrected chi connectivity index (χ1v) is 5.44. The molecule has 0 unspecified atom stereocenters. The van der Waals surface area contributed by atoms with Crippen molar-refractivity contribution in [3.8, 4) is 12.1 Å². The first kappa shape index (κ1) is 15.2. The van der Waals surface area contributed by atoms with Gasteiger partial charge in [0.1, 0.15) is 5.60 Å². The van der Waals surface area contributed by atoms with Crippen molar-refractivity contribution in [1.29, 1.82) is 10.5 Å². The summed E-state index contributed by atoms with van der Waals surface area (Å²) >= 11 is 0. The molecule has 0 aliphatic rings. The number of carbonyl (C=O) groups excluding carboxylic acids is 1. The molecule has 0 aromatic heterocycles.